The van der Waals surface area contributed by atoms with Crippen molar-refractivity contribution in [2.24, 2.45) is 0 Å². The molecule has 0 saturated heterocycles. The van der Waals surface area contributed by atoms with Gasteiger partial charge in [0.2, 0.25) is 5.88 Å². The number of halogens is 5. The molecule has 1 N–H and O–H groups in total. The van der Waals surface area contributed by atoms with Gasteiger partial charge in [-0.15, -0.1) is 0 Å². The van der Waals surface area contributed by atoms with Crippen LogP contribution in [0.1, 0.15) is 0 Å². The van der Waals surface area contributed by atoms with Gasteiger partial charge >= 0.3 is 6.09 Å². The molecule has 32 heavy (non-hydrogen) atoms. The van der Waals surface area contributed by atoms with Gasteiger partial charge in [0.1, 0.15) is 22.3 Å². The number of imide groups is 1. The van der Waals surface area contributed by atoms with Crippen molar-refractivity contribution in [2.45, 2.75) is 0 Å². The molecule has 0 saturated carbocycles. The molecule has 0 atom stereocenters. The molecule has 2 amide bonds. The minimum atomic E-state index is -1.00. The highest BCUT2D eigenvalue weighted by Crippen LogP contribution is 2.34. The minimum Gasteiger partial charge on any atom is -0.482 e. The van der Waals surface area contributed by atoms with Crippen molar-refractivity contribution in [1.29, 1.82) is 0 Å². The standard InChI is InChI=1S/C20H11Cl5N2O5/c21-10-5-16(25)19(26-8-10)31-11-1-3-12(4-2-11)32-20(29)27-18(28)9-30-17-7-14(23)13(22)6-15(17)24/h1-8H,9H2,(H,27,28,29). The lowest BCUT2D eigenvalue weighted by Crippen LogP contribution is -2.36. The Bertz CT molecular complexity index is 1160. The maximum Gasteiger partial charge on any atom is 0.419 e. The molecule has 2 aromatic carbocycles. The Labute approximate surface area is 207 Å². The van der Waals surface area contributed by atoms with Crippen molar-refractivity contribution in [1.82, 2.24) is 10.3 Å². The maximum atomic E-state index is 11.9. The number of nitrogens with one attached hydrogen (secondary N) is 1. The number of aromatic nitrogens is 1. The van der Waals surface area contributed by atoms with E-state index in [4.69, 9.17) is 72.2 Å². The van der Waals surface area contributed by atoms with E-state index in [2.05, 4.69) is 4.98 Å². The first-order chi connectivity index (χ1) is 15.2. The summed E-state index contributed by atoms with van der Waals surface area (Å²) >= 11 is 29.5. The van der Waals surface area contributed by atoms with E-state index in [1.807, 2.05) is 5.32 Å². The predicted octanol–water partition coefficient (Wildman–Crippen LogP) is 6.83. The zero-order valence-electron chi connectivity index (χ0n) is 15.7. The van der Waals surface area contributed by atoms with Crippen LogP contribution in [0.25, 0.3) is 0 Å². The molecule has 166 valence electrons. The van der Waals surface area contributed by atoms with Gasteiger partial charge in [-0.25, -0.2) is 9.78 Å². The number of rotatable bonds is 6. The van der Waals surface area contributed by atoms with Crippen LogP contribution in [-0.2, 0) is 4.79 Å². The molecule has 1 heterocycles. The second kappa shape index (κ2) is 10.9. The van der Waals surface area contributed by atoms with Gasteiger partial charge in [0.15, 0.2) is 6.61 Å². The molecule has 0 aliphatic carbocycles. The zero-order chi connectivity index (χ0) is 23.3. The lowest BCUT2D eigenvalue weighted by molar-refractivity contribution is -0.122. The summed E-state index contributed by atoms with van der Waals surface area (Å²) in [5.74, 6) is 0.0786. The summed E-state index contributed by atoms with van der Waals surface area (Å²) in [5.41, 5.74) is 0. The number of hydrogen-bond donors (Lipinski definition) is 1. The van der Waals surface area contributed by atoms with Gasteiger partial charge < -0.3 is 14.2 Å². The molecular weight excluding hydrogens is 525 g/mol. The first kappa shape index (κ1) is 24.2. The zero-order valence-corrected chi connectivity index (χ0v) is 19.5. The van der Waals surface area contributed by atoms with Crippen molar-refractivity contribution in [2.75, 3.05) is 6.61 Å². The largest absolute Gasteiger partial charge is 0.482 e. The Morgan fingerprint density at radius 1 is 0.844 bits per heavy atom. The number of pyridine rings is 1. The normalized spacial score (nSPS) is 10.4. The fourth-order valence-corrected chi connectivity index (χ4v) is 3.22. The topological polar surface area (TPSA) is 86.8 Å². The fraction of sp³-hybridized carbons (Fsp3) is 0.0500. The molecular formula is C20H11Cl5N2O5. The smallest absolute Gasteiger partial charge is 0.419 e. The average Bonchev–Trinajstić information content (AvgIpc) is 2.73. The highest BCUT2D eigenvalue weighted by Gasteiger charge is 2.14. The van der Waals surface area contributed by atoms with Crippen LogP contribution in [0.2, 0.25) is 25.1 Å². The van der Waals surface area contributed by atoms with Gasteiger partial charge in [-0.3, -0.25) is 10.1 Å². The van der Waals surface area contributed by atoms with Gasteiger partial charge in [-0.05, 0) is 36.4 Å². The molecule has 0 radical (unpaired) electrons. The number of carbonyl (C=O) groups is 2. The van der Waals surface area contributed by atoms with Crippen molar-refractivity contribution < 1.29 is 23.8 Å². The predicted molar refractivity (Wildman–Crippen MR) is 122 cm³/mol. The number of carbonyl (C=O) groups excluding carboxylic acids is 2. The van der Waals surface area contributed by atoms with Crippen molar-refractivity contribution in [3.63, 3.8) is 0 Å². The fourth-order valence-electron chi connectivity index (χ4n) is 2.21. The summed E-state index contributed by atoms with van der Waals surface area (Å²) in [5, 5.41) is 3.22. The van der Waals surface area contributed by atoms with Gasteiger partial charge in [-0.2, -0.15) is 0 Å². The molecule has 3 aromatic rings. The molecule has 7 nitrogen and oxygen atoms in total. The summed E-state index contributed by atoms with van der Waals surface area (Å²) in [6.45, 7) is -0.506. The van der Waals surface area contributed by atoms with Crippen LogP contribution in [0.3, 0.4) is 0 Å². The Morgan fingerprint density at radius 3 is 2.19 bits per heavy atom. The van der Waals surface area contributed by atoms with Crippen molar-refractivity contribution >= 4 is 70.0 Å². The van der Waals surface area contributed by atoms with Gasteiger partial charge in [0.25, 0.3) is 5.91 Å². The van der Waals surface area contributed by atoms with Crippen LogP contribution in [-0.4, -0.2) is 23.6 Å². The van der Waals surface area contributed by atoms with E-state index < -0.39 is 18.6 Å². The van der Waals surface area contributed by atoms with Gasteiger partial charge in [-0.1, -0.05) is 58.0 Å². The Balaban J connectivity index is 1.50. The van der Waals surface area contributed by atoms with E-state index in [1.54, 1.807) is 0 Å². The highest BCUT2D eigenvalue weighted by molar-refractivity contribution is 6.43. The van der Waals surface area contributed by atoms with E-state index in [9.17, 15) is 9.59 Å². The summed E-state index contributed by atoms with van der Waals surface area (Å²) in [6.07, 6.45) is 0.385. The number of nitrogens with zero attached hydrogens (tertiary/aromatic N) is 1. The summed E-state index contributed by atoms with van der Waals surface area (Å²) < 4.78 is 15.8. The Morgan fingerprint density at radius 2 is 1.50 bits per heavy atom. The summed E-state index contributed by atoms with van der Waals surface area (Å²) in [7, 11) is 0. The lowest BCUT2D eigenvalue weighted by atomic mass is 10.3. The van der Waals surface area contributed by atoms with E-state index >= 15 is 0 Å². The van der Waals surface area contributed by atoms with Crippen LogP contribution in [0.4, 0.5) is 4.79 Å². The monoisotopic (exact) mass is 534 g/mol. The number of ether oxygens (including phenoxy) is 3. The Hall–Kier alpha value is -2.42. The van der Waals surface area contributed by atoms with Crippen molar-refractivity contribution in [3.05, 3.63) is 73.8 Å². The molecule has 0 bridgehead atoms. The number of amides is 2. The molecule has 1 aromatic heterocycles. The second-order valence-electron chi connectivity index (χ2n) is 5.94. The quantitative estimate of drug-likeness (QED) is 0.347. The van der Waals surface area contributed by atoms with Gasteiger partial charge in [0.05, 0.1) is 20.1 Å². The average molecular weight is 537 g/mol. The molecule has 0 aliphatic rings. The van der Waals surface area contributed by atoms with Gasteiger partial charge in [0, 0.05) is 12.3 Å². The second-order valence-corrected chi connectivity index (χ2v) is 8.00. The third-order valence-electron chi connectivity index (χ3n) is 3.60. The first-order valence-corrected chi connectivity index (χ1v) is 10.5. The number of benzene rings is 2. The first-order valence-electron chi connectivity index (χ1n) is 8.59. The molecule has 0 unspecified atom stereocenters. The maximum absolute atomic E-state index is 11.9. The van der Waals surface area contributed by atoms with Crippen LogP contribution >= 0.6 is 58.0 Å². The lowest BCUT2D eigenvalue weighted by Gasteiger charge is -2.10. The number of hydrogen-bond acceptors (Lipinski definition) is 6. The molecule has 3 rings (SSSR count). The van der Waals surface area contributed by atoms with E-state index in [0.717, 1.165) is 0 Å². The Kier molecular flexibility index (Phi) is 8.28. The molecule has 0 spiro atoms. The summed E-state index contributed by atoms with van der Waals surface area (Å²) in [6, 6.07) is 10.2. The van der Waals surface area contributed by atoms with Crippen LogP contribution < -0.4 is 19.5 Å². The van der Waals surface area contributed by atoms with Crippen LogP contribution in [0, 0.1) is 0 Å². The molecule has 12 heteroatoms. The molecule has 0 fully saturated rings. The highest BCUT2D eigenvalue weighted by atomic mass is 35.5. The van der Waals surface area contributed by atoms with E-state index in [1.165, 1.54) is 48.7 Å². The summed E-state index contributed by atoms with van der Waals surface area (Å²) in [4.78, 5) is 27.8. The minimum absolute atomic E-state index is 0.135. The SMILES string of the molecule is O=C(COc1cc(Cl)c(Cl)cc1Cl)NC(=O)Oc1ccc(Oc2ncc(Cl)cc2Cl)cc1. The van der Waals surface area contributed by atoms with Crippen LogP contribution in [0.15, 0.2) is 48.7 Å². The van der Waals surface area contributed by atoms with E-state index in [-0.39, 0.29) is 37.5 Å². The third-order valence-corrected chi connectivity index (χ3v) is 5.09. The van der Waals surface area contributed by atoms with E-state index in [0.29, 0.717) is 10.8 Å². The van der Waals surface area contributed by atoms with Crippen LogP contribution in [0.5, 0.6) is 23.1 Å². The van der Waals surface area contributed by atoms with Crippen molar-refractivity contribution in [3.8, 4) is 23.1 Å². The molecule has 0 aliphatic heterocycles. The third kappa shape index (κ3) is 6.79.